The van der Waals surface area contributed by atoms with Gasteiger partial charge in [0.25, 0.3) is 0 Å². The molecule has 0 nitrogen and oxygen atoms in total. The van der Waals surface area contributed by atoms with Gasteiger partial charge in [-0.2, -0.15) is 0 Å². The van der Waals surface area contributed by atoms with Crippen LogP contribution in [0.25, 0.3) is 0 Å². The van der Waals surface area contributed by atoms with Gasteiger partial charge in [0.2, 0.25) is 0 Å². The lowest BCUT2D eigenvalue weighted by atomic mass is 10.1. The second-order valence-corrected chi connectivity index (χ2v) is 3.19. The molecule has 0 aromatic heterocycles. The van der Waals surface area contributed by atoms with Crippen molar-refractivity contribution in [3.63, 3.8) is 0 Å². The van der Waals surface area contributed by atoms with Crippen molar-refractivity contribution in [2.75, 3.05) is 0 Å². The third kappa shape index (κ3) is 4.45. The molecule has 0 heteroatoms. The summed E-state index contributed by atoms with van der Waals surface area (Å²) in [5.74, 6) is 0.903. The molecular formula is C14H24. The van der Waals surface area contributed by atoms with Gasteiger partial charge >= 0.3 is 0 Å². The molecule has 1 saturated carbocycles. The highest BCUT2D eigenvalue weighted by Crippen LogP contribution is 2.39. The van der Waals surface area contributed by atoms with Gasteiger partial charge in [-0.15, -0.1) is 0 Å². The van der Waals surface area contributed by atoms with Gasteiger partial charge in [0.05, 0.1) is 0 Å². The Hall–Kier alpha value is -0.780. The van der Waals surface area contributed by atoms with Crippen LogP contribution in [-0.2, 0) is 0 Å². The van der Waals surface area contributed by atoms with Crippen molar-refractivity contribution in [3.05, 3.63) is 35.4 Å². The predicted molar refractivity (Wildman–Crippen MR) is 65.9 cm³/mol. The minimum Gasteiger partial charge on any atom is -0.0683 e. The Morgan fingerprint density at radius 1 is 1.00 bits per heavy atom. The van der Waals surface area contributed by atoms with Crippen LogP contribution < -0.4 is 0 Å². The molecule has 0 radical (unpaired) electrons. The highest BCUT2D eigenvalue weighted by molar-refractivity contribution is 5.28. The molecule has 1 fully saturated rings. The summed E-state index contributed by atoms with van der Waals surface area (Å²) in [5.41, 5.74) is 2.93. The first kappa shape index (κ1) is 13.2. The molecule has 0 N–H and O–H groups in total. The van der Waals surface area contributed by atoms with Crippen LogP contribution in [0.5, 0.6) is 0 Å². The molecule has 0 amide bonds. The average Bonchev–Trinajstić information content (AvgIpc) is 3.07. The van der Waals surface area contributed by atoms with Gasteiger partial charge in [0.15, 0.2) is 0 Å². The van der Waals surface area contributed by atoms with Crippen molar-refractivity contribution in [1.29, 1.82) is 0 Å². The fourth-order valence-corrected chi connectivity index (χ4v) is 1.34. The third-order valence-electron chi connectivity index (χ3n) is 2.09. The third-order valence-corrected chi connectivity index (χ3v) is 2.09. The Kier molecular flexibility index (Phi) is 7.18. The summed E-state index contributed by atoms with van der Waals surface area (Å²) < 4.78 is 0. The van der Waals surface area contributed by atoms with E-state index in [4.69, 9.17) is 0 Å². The average molecular weight is 192 g/mol. The molecule has 1 aliphatic carbocycles. The smallest absolute Gasteiger partial charge is 0.0161 e. The van der Waals surface area contributed by atoms with Gasteiger partial charge in [-0.05, 0) is 31.2 Å². The molecule has 2 rings (SSSR count). The predicted octanol–water partition coefficient (Wildman–Crippen LogP) is 4.92. The van der Waals surface area contributed by atoms with Gasteiger partial charge in [-0.1, -0.05) is 57.5 Å². The molecule has 0 saturated heterocycles. The zero-order valence-electron chi connectivity index (χ0n) is 10.3. The highest BCUT2D eigenvalue weighted by atomic mass is 14.3. The SMILES string of the molecule is CC.CC.Cc1cccc(C2CC2)c1. The van der Waals surface area contributed by atoms with E-state index in [1.807, 2.05) is 27.7 Å². The van der Waals surface area contributed by atoms with Crippen molar-refractivity contribution >= 4 is 0 Å². The number of rotatable bonds is 1. The van der Waals surface area contributed by atoms with Crippen LogP contribution >= 0.6 is 0 Å². The van der Waals surface area contributed by atoms with Crippen molar-refractivity contribution in [1.82, 2.24) is 0 Å². The van der Waals surface area contributed by atoms with E-state index in [1.165, 1.54) is 18.4 Å². The lowest BCUT2D eigenvalue weighted by molar-refractivity contribution is 1.12. The first-order chi connectivity index (χ1) is 6.86. The van der Waals surface area contributed by atoms with E-state index in [0.29, 0.717) is 0 Å². The maximum absolute atomic E-state index is 2.30. The maximum Gasteiger partial charge on any atom is -0.0161 e. The molecular weight excluding hydrogens is 168 g/mol. The summed E-state index contributed by atoms with van der Waals surface area (Å²) in [6, 6.07) is 8.86. The van der Waals surface area contributed by atoms with Crippen molar-refractivity contribution in [2.45, 2.75) is 53.4 Å². The van der Waals surface area contributed by atoms with E-state index in [0.717, 1.165) is 5.92 Å². The van der Waals surface area contributed by atoms with Crippen LogP contribution in [0.4, 0.5) is 0 Å². The van der Waals surface area contributed by atoms with Crippen molar-refractivity contribution in [3.8, 4) is 0 Å². The van der Waals surface area contributed by atoms with Crippen LogP contribution in [0, 0.1) is 6.92 Å². The Morgan fingerprint density at radius 3 is 2.00 bits per heavy atom. The summed E-state index contributed by atoms with van der Waals surface area (Å²) in [7, 11) is 0. The van der Waals surface area contributed by atoms with Gasteiger partial charge in [0.1, 0.15) is 0 Å². The van der Waals surface area contributed by atoms with Crippen LogP contribution in [0.2, 0.25) is 0 Å². The van der Waals surface area contributed by atoms with Gasteiger partial charge in [-0.25, -0.2) is 0 Å². The lowest BCUT2D eigenvalue weighted by Crippen LogP contribution is -1.78. The summed E-state index contributed by atoms with van der Waals surface area (Å²) in [6.45, 7) is 10.2. The van der Waals surface area contributed by atoms with E-state index in [1.54, 1.807) is 5.56 Å². The molecule has 0 atom stereocenters. The molecule has 0 bridgehead atoms. The Morgan fingerprint density at radius 2 is 1.57 bits per heavy atom. The van der Waals surface area contributed by atoms with Crippen molar-refractivity contribution in [2.24, 2.45) is 0 Å². The van der Waals surface area contributed by atoms with E-state index < -0.39 is 0 Å². The number of benzene rings is 1. The Bertz CT molecular complexity index is 234. The van der Waals surface area contributed by atoms with E-state index in [-0.39, 0.29) is 0 Å². The molecule has 0 aliphatic heterocycles. The Labute approximate surface area is 89.4 Å². The molecule has 80 valence electrons. The van der Waals surface area contributed by atoms with E-state index in [9.17, 15) is 0 Å². The largest absolute Gasteiger partial charge is 0.0683 e. The molecule has 0 heterocycles. The zero-order chi connectivity index (χ0) is 11.0. The second-order valence-electron chi connectivity index (χ2n) is 3.19. The van der Waals surface area contributed by atoms with Crippen LogP contribution in [-0.4, -0.2) is 0 Å². The van der Waals surface area contributed by atoms with Crippen LogP contribution in [0.1, 0.15) is 57.6 Å². The summed E-state index contributed by atoms with van der Waals surface area (Å²) >= 11 is 0. The molecule has 1 aliphatic rings. The normalized spacial score (nSPS) is 13.2. The number of aryl methyl sites for hydroxylation is 1. The van der Waals surface area contributed by atoms with Crippen molar-refractivity contribution < 1.29 is 0 Å². The topological polar surface area (TPSA) is 0 Å². The Balaban J connectivity index is 0.000000379. The van der Waals surface area contributed by atoms with Gasteiger partial charge in [-0.3, -0.25) is 0 Å². The summed E-state index contributed by atoms with van der Waals surface area (Å²) in [5, 5.41) is 0. The first-order valence-corrected chi connectivity index (χ1v) is 5.93. The molecule has 1 aromatic rings. The fraction of sp³-hybridized carbons (Fsp3) is 0.571. The number of hydrogen-bond donors (Lipinski definition) is 0. The quantitative estimate of drug-likeness (QED) is 0.592. The zero-order valence-corrected chi connectivity index (χ0v) is 10.3. The fourth-order valence-electron chi connectivity index (χ4n) is 1.34. The van der Waals surface area contributed by atoms with Gasteiger partial charge in [0, 0.05) is 0 Å². The lowest BCUT2D eigenvalue weighted by Gasteiger charge is -1.97. The minimum absolute atomic E-state index is 0.903. The summed E-state index contributed by atoms with van der Waals surface area (Å²) in [4.78, 5) is 0. The molecule has 0 spiro atoms. The van der Waals surface area contributed by atoms with E-state index >= 15 is 0 Å². The standard InChI is InChI=1S/C10H12.2C2H6/c1-8-3-2-4-10(7-8)9-5-6-9;2*1-2/h2-4,7,9H,5-6H2,1H3;2*1-2H3. The van der Waals surface area contributed by atoms with Crippen LogP contribution in [0.15, 0.2) is 24.3 Å². The maximum atomic E-state index is 2.30. The molecule has 14 heavy (non-hydrogen) atoms. The van der Waals surface area contributed by atoms with Gasteiger partial charge < -0.3 is 0 Å². The molecule has 1 aromatic carbocycles. The summed E-state index contributed by atoms with van der Waals surface area (Å²) in [6.07, 6.45) is 2.81. The monoisotopic (exact) mass is 192 g/mol. The highest BCUT2D eigenvalue weighted by Gasteiger charge is 2.22. The van der Waals surface area contributed by atoms with E-state index in [2.05, 4.69) is 31.2 Å². The second kappa shape index (κ2) is 7.61. The van der Waals surface area contributed by atoms with Crippen LogP contribution in [0.3, 0.4) is 0 Å². The first-order valence-electron chi connectivity index (χ1n) is 5.93. The number of hydrogen-bond acceptors (Lipinski definition) is 0. The molecule has 0 unspecified atom stereocenters. The minimum atomic E-state index is 0.903.